The van der Waals surface area contributed by atoms with Crippen LogP contribution in [0, 0.1) is 0 Å². The SMILES string of the molecule is CC1CC(=O)N(C)c2ccc(N)cc2O1. The second-order valence-corrected chi connectivity index (χ2v) is 3.81. The zero-order chi connectivity index (χ0) is 11.0. The molecular weight excluding hydrogens is 192 g/mol. The van der Waals surface area contributed by atoms with E-state index in [0.717, 1.165) is 5.69 Å². The minimum absolute atomic E-state index is 0.0611. The highest BCUT2D eigenvalue weighted by Crippen LogP contribution is 2.33. The Kier molecular flexibility index (Phi) is 2.26. The summed E-state index contributed by atoms with van der Waals surface area (Å²) >= 11 is 0. The summed E-state index contributed by atoms with van der Waals surface area (Å²) in [4.78, 5) is 13.3. The zero-order valence-electron chi connectivity index (χ0n) is 8.86. The molecular formula is C11H14N2O2. The van der Waals surface area contributed by atoms with E-state index in [-0.39, 0.29) is 12.0 Å². The lowest BCUT2D eigenvalue weighted by Gasteiger charge is -2.16. The van der Waals surface area contributed by atoms with Gasteiger partial charge in [0.25, 0.3) is 0 Å². The van der Waals surface area contributed by atoms with Gasteiger partial charge in [0, 0.05) is 18.8 Å². The maximum atomic E-state index is 11.7. The molecule has 4 heteroatoms. The largest absolute Gasteiger partial charge is 0.488 e. The summed E-state index contributed by atoms with van der Waals surface area (Å²) in [6, 6.07) is 5.32. The number of hydrogen-bond donors (Lipinski definition) is 1. The summed E-state index contributed by atoms with van der Waals surface area (Å²) in [5, 5.41) is 0. The molecule has 0 saturated heterocycles. The van der Waals surface area contributed by atoms with E-state index in [9.17, 15) is 4.79 Å². The van der Waals surface area contributed by atoms with Gasteiger partial charge in [0.15, 0.2) is 0 Å². The van der Waals surface area contributed by atoms with Gasteiger partial charge in [-0.3, -0.25) is 4.79 Å². The van der Waals surface area contributed by atoms with Crippen molar-refractivity contribution in [3.05, 3.63) is 18.2 Å². The van der Waals surface area contributed by atoms with E-state index in [1.165, 1.54) is 0 Å². The first kappa shape index (κ1) is 9.83. The average molecular weight is 206 g/mol. The van der Waals surface area contributed by atoms with Gasteiger partial charge < -0.3 is 15.4 Å². The number of hydrogen-bond acceptors (Lipinski definition) is 3. The summed E-state index contributed by atoms with van der Waals surface area (Å²) in [5.41, 5.74) is 7.09. The molecule has 80 valence electrons. The first-order chi connectivity index (χ1) is 7.08. The molecule has 0 spiro atoms. The van der Waals surface area contributed by atoms with Crippen molar-refractivity contribution in [3.8, 4) is 5.75 Å². The van der Waals surface area contributed by atoms with Crippen molar-refractivity contribution in [1.29, 1.82) is 0 Å². The lowest BCUT2D eigenvalue weighted by Crippen LogP contribution is -2.27. The van der Waals surface area contributed by atoms with E-state index < -0.39 is 0 Å². The monoisotopic (exact) mass is 206 g/mol. The molecule has 1 heterocycles. The van der Waals surface area contributed by atoms with Crippen molar-refractivity contribution in [1.82, 2.24) is 0 Å². The minimum Gasteiger partial charge on any atom is -0.488 e. The van der Waals surface area contributed by atoms with E-state index in [0.29, 0.717) is 17.9 Å². The standard InChI is InChI=1S/C11H14N2O2/c1-7-5-11(14)13(2)9-4-3-8(12)6-10(9)15-7/h3-4,6-7H,5,12H2,1-2H3. The van der Waals surface area contributed by atoms with Crippen LogP contribution in [0.1, 0.15) is 13.3 Å². The van der Waals surface area contributed by atoms with Crippen molar-refractivity contribution in [3.63, 3.8) is 0 Å². The van der Waals surface area contributed by atoms with Gasteiger partial charge >= 0.3 is 0 Å². The van der Waals surface area contributed by atoms with Gasteiger partial charge in [-0.1, -0.05) is 0 Å². The third-order valence-corrected chi connectivity index (χ3v) is 2.51. The third-order valence-electron chi connectivity index (χ3n) is 2.51. The molecule has 1 aromatic rings. The van der Waals surface area contributed by atoms with Gasteiger partial charge in [-0.05, 0) is 19.1 Å². The number of nitrogen functional groups attached to an aromatic ring is 1. The average Bonchev–Trinajstić information content (AvgIpc) is 2.25. The summed E-state index contributed by atoms with van der Waals surface area (Å²) in [5.74, 6) is 0.738. The molecule has 1 unspecified atom stereocenters. The van der Waals surface area contributed by atoms with Crippen molar-refractivity contribution in [2.45, 2.75) is 19.4 Å². The lowest BCUT2D eigenvalue weighted by molar-refractivity contribution is -0.119. The maximum absolute atomic E-state index is 11.7. The fraction of sp³-hybridized carbons (Fsp3) is 0.364. The Morgan fingerprint density at radius 2 is 2.27 bits per heavy atom. The van der Waals surface area contributed by atoms with Crippen LogP contribution in [0.15, 0.2) is 18.2 Å². The number of nitrogens with two attached hydrogens (primary N) is 1. The van der Waals surface area contributed by atoms with Gasteiger partial charge in [0.1, 0.15) is 11.9 Å². The van der Waals surface area contributed by atoms with Crippen LogP contribution in [0.25, 0.3) is 0 Å². The van der Waals surface area contributed by atoms with Gasteiger partial charge in [0.05, 0.1) is 12.1 Å². The van der Waals surface area contributed by atoms with Crippen molar-refractivity contribution < 1.29 is 9.53 Å². The molecule has 1 atom stereocenters. The molecule has 1 amide bonds. The second kappa shape index (κ2) is 3.46. The maximum Gasteiger partial charge on any atom is 0.230 e. The number of benzene rings is 1. The number of nitrogens with zero attached hydrogens (tertiary/aromatic N) is 1. The van der Waals surface area contributed by atoms with Gasteiger partial charge in [-0.25, -0.2) is 0 Å². The quantitative estimate of drug-likeness (QED) is 0.653. The number of fused-ring (bicyclic) bond motifs is 1. The number of ether oxygens (including phenoxy) is 1. The Balaban J connectivity index is 2.49. The van der Waals surface area contributed by atoms with Gasteiger partial charge in [-0.2, -0.15) is 0 Å². The smallest absolute Gasteiger partial charge is 0.230 e. The van der Waals surface area contributed by atoms with Crippen LogP contribution in [0.5, 0.6) is 5.75 Å². The summed E-state index contributed by atoms with van der Waals surface area (Å²) in [6.07, 6.45) is 0.286. The predicted molar refractivity (Wildman–Crippen MR) is 59.0 cm³/mol. The van der Waals surface area contributed by atoms with Crippen molar-refractivity contribution in [2.75, 3.05) is 17.7 Å². The number of rotatable bonds is 0. The molecule has 1 aliphatic rings. The minimum atomic E-state index is -0.108. The van der Waals surface area contributed by atoms with Crippen LogP contribution in [0.3, 0.4) is 0 Å². The van der Waals surface area contributed by atoms with Crippen LogP contribution < -0.4 is 15.4 Å². The van der Waals surface area contributed by atoms with Gasteiger partial charge in [0.2, 0.25) is 5.91 Å². The van der Waals surface area contributed by atoms with E-state index in [4.69, 9.17) is 10.5 Å². The number of carbonyl (C=O) groups excluding carboxylic acids is 1. The van der Waals surface area contributed by atoms with Crippen molar-refractivity contribution in [2.24, 2.45) is 0 Å². The molecule has 0 fully saturated rings. The third kappa shape index (κ3) is 1.75. The Morgan fingerprint density at radius 1 is 1.53 bits per heavy atom. The first-order valence-corrected chi connectivity index (χ1v) is 4.90. The Hall–Kier alpha value is -1.71. The van der Waals surface area contributed by atoms with E-state index in [2.05, 4.69) is 0 Å². The van der Waals surface area contributed by atoms with Crippen LogP contribution in [-0.4, -0.2) is 19.1 Å². The normalized spacial score (nSPS) is 20.5. The highest BCUT2D eigenvalue weighted by Gasteiger charge is 2.23. The zero-order valence-corrected chi connectivity index (χ0v) is 8.86. The molecule has 0 aliphatic carbocycles. The number of carbonyl (C=O) groups is 1. The Bertz CT molecular complexity index is 404. The van der Waals surface area contributed by atoms with E-state index >= 15 is 0 Å². The molecule has 15 heavy (non-hydrogen) atoms. The molecule has 1 aromatic carbocycles. The van der Waals surface area contributed by atoms with E-state index in [1.54, 1.807) is 30.1 Å². The number of amides is 1. The Labute approximate surface area is 88.6 Å². The molecule has 1 aliphatic heterocycles. The summed E-state index contributed by atoms with van der Waals surface area (Å²) in [6.45, 7) is 1.88. The molecule has 0 bridgehead atoms. The van der Waals surface area contributed by atoms with Crippen molar-refractivity contribution >= 4 is 17.3 Å². The topological polar surface area (TPSA) is 55.6 Å². The van der Waals surface area contributed by atoms with Crippen LogP contribution >= 0.6 is 0 Å². The predicted octanol–water partition coefficient (Wildman–Crippen LogP) is 1.40. The molecule has 4 nitrogen and oxygen atoms in total. The van der Waals surface area contributed by atoms with E-state index in [1.807, 2.05) is 6.92 Å². The fourth-order valence-corrected chi connectivity index (χ4v) is 1.68. The lowest BCUT2D eigenvalue weighted by atomic mass is 10.2. The molecule has 0 aromatic heterocycles. The Morgan fingerprint density at radius 3 is 3.00 bits per heavy atom. The van der Waals surface area contributed by atoms with Gasteiger partial charge in [-0.15, -0.1) is 0 Å². The molecule has 0 radical (unpaired) electrons. The van der Waals surface area contributed by atoms with Crippen LogP contribution in [0.2, 0.25) is 0 Å². The fourth-order valence-electron chi connectivity index (χ4n) is 1.68. The second-order valence-electron chi connectivity index (χ2n) is 3.81. The molecule has 2 rings (SSSR count). The highest BCUT2D eigenvalue weighted by molar-refractivity contribution is 5.95. The molecule has 0 saturated carbocycles. The first-order valence-electron chi connectivity index (χ1n) is 4.90. The van der Waals surface area contributed by atoms with Crippen LogP contribution in [0.4, 0.5) is 11.4 Å². The molecule has 2 N–H and O–H groups in total. The summed E-state index contributed by atoms with van der Waals surface area (Å²) < 4.78 is 5.64. The highest BCUT2D eigenvalue weighted by atomic mass is 16.5. The summed E-state index contributed by atoms with van der Waals surface area (Å²) in [7, 11) is 1.75. The van der Waals surface area contributed by atoms with Crippen LogP contribution in [-0.2, 0) is 4.79 Å². The number of anilines is 2.